The molecule has 5 rings (SSSR count). The van der Waals surface area contributed by atoms with Gasteiger partial charge in [-0.25, -0.2) is 14.4 Å². The summed E-state index contributed by atoms with van der Waals surface area (Å²) in [6.07, 6.45) is -0.543. The Balaban J connectivity index is 1.43. The maximum Gasteiger partial charge on any atom is 0.269 e. The number of fused-ring (bicyclic) bond motifs is 3. The molecule has 1 aromatic carbocycles. The van der Waals surface area contributed by atoms with Gasteiger partial charge in [0.25, 0.3) is 5.69 Å². The summed E-state index contributed by atoms with van der Waals surface area (Å²) in [5.41, 5.74) is 1.59. The van der Waals surface area contributed by atoms with Crippen molar-refractivity contribution in [2.24, 2.45) is 0 Å². The van der Waals surface area contributed by atoms with Crippen LogP contribution in [0, 0.1) is 10.1 Å². The molecule has 0 radical (unpaired) electrons. The molecule has 33 heavy (non-hydrogen) atoms. The Morgan fingerprint density at radius 2 is 2.06 bits per heavy atom. The van der Waals surface area contributed by atoms with Gasteiger partial charge in [-0.15, -0.1) is 0 Å². The third-order valence-corrected chi connectivity index (χ3v) is 5.55. The largest absolute Gasteiger partial charge is 0.476 e. The van der Waals surface area contributed by atoms with Gasteiger partial charge >= 0.3 is 0 Å². The number of rotatable bonds is 7. The number of nitrogens with zero attached hydrogens (tertiary/aromatic N) is 6. The average molecular weight is 458 g/mol. The molecule has 4 atom stereocenters. The molecule has 1 fully saturated rings. The number of benzene rings is 1. The summed E-state index contributed by atoms with van der Waals surface area (Å²) in [7, 11) is 0. The number of aromatic nitrogens is 5. The van der Waals surface area contributed by atoms with E-state index in [0.29, 0.717) is 23.4 Å². The van der Waals surface area contributed by atoms with Gasteiger partial charge in [0.2, 0.25) is 11.7 Å². The van der Waals surface area contributed by atoms with Crippen LogP contribution in [0.15, 0.2) is 43.0 Å². The molecular formula is C20H19FN6O6. The lowest BCUT2D eigenvalue weighted by atomic mass is 10.1. The van der Waals surface area contributed by atoms with Crippen LogP contribution < -0.4 is 4.74 Å². The third kappa shape index (κ3) is 3.65. The van der Waals surface area contributed by atoms with E-state index in [9.17, 15) is 24.7 Å². The fourth-order valence-corrected chi connectivity index (χ4v) is 3.85. The van der Waals surface area contributed by atoms with Crippen LogP contribution in [0.5, 0.6) is 5.88 Å². The summed E-state index contributed by atoms with van der Waals surface area (Å²) in [6, 6.07) is 6.15. The lowest BCUT2D eigenvalue weighted by molar-refractivity contribution is -0.384. The molecule has 0 spiro atoms. The van der Waals surface area contributed by atoms with E-state index in [-0.39, 0.29) is 18.2 Å². The Labute approximate surface area is 185 Å². The topological polar surface area (TPSA) is 150 Å². The van der Waals surface area contributed by atoms with Crippen molar-refractivity contribution in [1.82, 2.24) is 23.9 Å². The molecule has 0 unspecified atom stereocenters. The van der Waals surface area contributed by atoms with Crippen molar-refractivity contribution in [3.63, 3.8) is 0 Å². The zero-order chi connectivity index (χ0) is 23.1. The quantitative estimate of drug-likeness (QED) is 0.307. The van der Waals surface area contributed by atoms with E-state index in [2.05, 4.69) is 15.0 Å². The van der Waals surface area contributed by atoms with Crippen LogP contribution >= 0.6 is 0 Å². The number of imidazole rings is 2. The molecule has 4 heterocycles. The van der Waals surface area contributed by atoms with Crippen molar-refractivity contribution in [1.29, 1.82) is 0 Å². The molecule has 0 amide bonds. The smallest absolute Gasteiger partial charge is 0.269 e. The SMILES string of the molecule is O=[N+]([O-])c1ccc(CCOc2nc3nccn3c3c2ncn3[C@@H]2O[C@H](CO)[C@@H](O)[C@H]2F)cc1. The van der Waals surface area contributed by atoms with Crippen LogP contribution in [0.4, 0.5) is 10.1 Å². The Hall–Kier alpha value is -3.68. The second kappa shape index (κ2) is 8.35. The number of halogens is 1. The van der Waals surface area contributed by atoms with Crippen molar-refractivity contribution >= 4 is 22.6 Å². The van der Waals surface area contributed by atoms with Crippen molar-refractivity contribution in [2.45, 2.75) is 31.0 Å². The van der Waals surface area contributed by atoms with Crippen LogP contribution in [0.1, 0.15) is 11.8 Å². The Kier molecular flexibility index (Phi) is 5.36. The van der Waals surface area contributed by atoms with E-state index >= 15 is 0 Å². The molecule has 12 nitrogen and oxygen atoms in total. The fraction of sp³-hybridized carbons (Fsp3) is 0.350. The van der Waals surface area contributed by atoms with E-state index in [4.69, 9.17) is 9.47 Å². The number of nitro benzene ring substituents is 1. The van der Waals surface area contributed by atoms with E-state index < -0.39 is 36.1 Å². The minimum absolute atomic E-state index is 0.00666. The molecule has 1 saturated heterocycles. The van der Waals surface area contributed by atoms with Gasteiger partial charge in [-0.3, -0.25) is 19.1 Å². The normalized spacial score (nSPS) is 22.9. The highest BCUT2D eigenvalue weighted by atomic mass is 19.1. The lowest BCUT2D eigenvalue weighted by Gasteiger charge is -2.16. The summed E-state index contributed by atoms with van der Waals surface area (Å²) >= 11 is 0. The summed E-state index contributed by atoms with van der Waals surface area (Å²) in [6.45, 7) is -0.315. The zero-order valence-electron chi connectivity index (χ0n) is 17.1. The van der Waals surface area contributed by atoms with Crippen LogP contribution in [-0.2, 0) is 11.2 Å². The van der Waals surface area contributed by atoms with Gasteiger partial charge in [-0.2, -0.15) is 4.98 Å². The first-order valence-corrected chi connectivity index (χ1v) is 10.1. The maximum absolute atomic E-state index is 14.8. The molecule has 4 aromatic rings. The lowest BCUT2D eigenvalue weighted by Crippen LogP contribution is -2.30. The minimum atomic E-state index is -1.78. The third-order valence-electron chi connectivity index (χ3n) is 5.55. The molecule has 2 N–H and O–H groups in total. The molecule has 0 saturated carbocycles. The second-order valence-electron chi connectivity index (χ2n) is 7.54. The van der Waals surface area contributed by atoms with E-state index in [1.165, 1.54) is 29.2 Å². The number of aliphatic hydroxyl groups excluding tert-OH is 2. The maximum atomic E-state index is 14.8. The summed E-state index contributed by atoms with van der Waals surface area (Å²) in [4.78, 5) is 23.2. The number of hydrogen-bond acceptors (Lipinski definition) is 9. The highest BCUT2D eigenvalue weighted by Crippen LogP contribution is 2.35. The Bertz CT molecular complexity index is 1310. The van der Waals surface area contributed by atoms with E-state index in [1.54, 1.807) is 22.7 Å². The molecule has 1 aliphatic heterocycles. The number of aliphatic hydroxyl groups is 2. The van der Waals surface area contributed by atoms with Crippen molar-refractivity contribution in [3.8, 4) is 5.88 Å². The number of non-ortho nitro benzene ring substituents is 1. The van der Waals surface area contributed by atoms with E-state index in [1.807, 2.05) is 0 Å². The summed E-state index contributed by atoms with van der Waals surface area (Å²) in [5.74, 6) is 0.472. The second-order valence-corrected chi connectivity index (χ2v) is 7.54. The molecule has 3 aromatic heterocycles. The van der Waals surface area contributed by atoms with Gasteiger partial charge in [0.15, 0.2) is 23.6 Å². The Morgan fingerprint density at radius 3 is 2.76 bits per heavy atom. The standard InChI is InChI=1S/C20H19FN6O6/c21-14-16(29)13(9-28)33-19(14)26-10-23-15-17(24-20-22-6-7-25(20)18(15)26)32-8-5-11-1-3-12(4-2-11)27(30)31/h1-4,6-7,10,13-14,16,19,28-29H,5,8-9H2/t13-,14-,16-,19-/m1/s1. The van der Waals surface area contributed by atoms with Crippen molar-refractivity contribution < 1.29 is 29.0 Å². The van der Waals surface area contributed by atoms with Crippen molar-refractivity contribution in [2.75, 3.05) is 13.2 Å². The molecule has 0 bridgehead atoms. The predicted octanol–water partition coefficient (Wildman–Crippen LogP) is 1.20. The number of nitro groups is 1. The molecule has 1 aliphatic rings. The van der Waals surface area contributed by atoms with Crippen LogP contribution in [0.25, 0.3) is 16.9 Å². The molecule has 0 aliphatic carbocycles. The van der Waals surface area contributed by atoms with E-state index in [0.717, 1.165) is 5.56 Å². The fourth-order valence-electron chi connectivity index (χ4n) is 3.85. The van der Waals surface area contributed by atoms with Crippen LogP contribution in [0.2, 0.25) is 0 Å². The van der Waals surface area contributed by atoms with Gasteiger partial charge < -0.3 is 19.7 Å². The molecular weight excluding hydrogens is 439 g/mol. The first-order chi connectivity index (χ1) is 16.0. The molecule has 172 valence electrons. The predicted molar refractivity (Wildman–Crippen MR) is 110 cm³/mol. The first kappa shape index (κ1) is 21.2. The summed E-state index contributed by atoms with van der Waals surface area (Å²) in [5, 5.41) is 30.1. The Morgan fingerprint density at radius 1 is 1.27 bits per heavy atom. The van der Waals surface area contributed by atoms with Gasteiger partial charge in [-0.05, 0) is 5.56 Å². The number of hydrogen-bond donors (Lipinski definition) is 2. The van der Waals surface area contributed by atoms with Gasteiger partial charge in [-0.1, -0.05) is 12.1 Å². The van der Waals surface area contributed by atoms with Crippen LogP contribution in [0.3, 0.4) is 0 Å². The van der Waals surface area contributed by atoms with Crippen LogP contribution in [-0.4, -0.2) is 70.6 Å². The monoisotopic (exact) mass is 458 g/mol. The highest BCUT2D eigenvalue weighted by molar-refractivity contribution is 5.79. The average Bonchev–Trinajstić information content (AvgIpc) is 3.52. The van der Waals surface area contributed by atoms with Gasteiger partial charge in [0.1, 0.15) is 12.2 Å². The van der Waals surface area contributed by atoms with Gasteiger partial charge in [0, 0.05) is 30.9 Å². The highest BCUT2D eigenvalue weighted by Gasteiger charge is 2.45. The summed E-state index contributed by atoms with van der Waals surface area (Å²) < 4.78 is 29.1. The number of ether oxygens (including phenoxy) is 2. The van der Waals surface area contributed by atoms with Gasteiger partial charge in [0.05, 0.1) is 24.5 Å². The molecule has 13 heteroatoms. The first-order valence-electron chi connectivity index (χ1n) is 10.1. The number of alkyl halides is 1. The zero-order valence-corrected chi connectivity index (χ0v) is 17.1. The van der Waals surface area contributed by atoms with Crippen molar-refractivity contribution in [3.05, 3.63) is 58.7 Å². The minimum Gasteiger partial charge on any atom is -0.476 e.